The molecule has 8 rings (SSSR count). The summed E-state index contributed by atoms with van der Waals surface area (Å²) in [6.07, 6.45) is 3.62. The summed E-state index contributed by atoms with van der Waals surface area (Å²) in [6, 6.07) is 13.7. The average molecular weight is 707 g/mol. The number of benzene rings is 2. The van der Waals surface area contributed by atoms with Gasteiger partial charge in [-0.15, -0.1) is 11.3 Å². The van der Waals surface area contributed by atoms with E-state index < -0.39 is 11.6 Å². The lowest BCUT2D eigenvalue weighted by atomic mass is 9.96. The SMILES string of the molecule is C=CC(=O)N1[C@H](C)c2cc(-c3nc(-c4ccc5c(ccn5C)c4)c4ccsc4c3-c3c(F)cc(F)cc3OC[C@@H]3CC(=O)N(C)C3)nn2C[C@@H]1C. The summed E-state index contributed by atoms with van der Waals surface area (Å²) in [6.45, 7) is 8.66. The highest BCUT2D eigenvalue weighted by Crippen LogP contribution is 2.48. The van der Waals surface area contributed by atoms with Gasteiger partial charge in [0.05, 0.1) is 36.1 Å². The van der Waals surface area contributed by atoms with Crippen LogP contribution in [0.5, 0.6) is 5.75 Å². The van der Waals surface area contributed by atoms with Crippen molar-refractivity contribution in [2.45, 2.75) is 38.9 Å². The van der Waals surface area contributed by atoms with E-state index in [4.69, 9.17) is 14.8 Å². The van der Waals surface area contributed by atoms with Crippen molar-refractivity contribution in [1.82, 2.24) is 29.1 Å². The molecule has 4 aromatic heterocycles. The van der Waals surface area contributed by atoms with Crippen molar-refractivity contribution >= 4 is 44.1 Å². The van der Waals surface area contributed by atoms with Gasteiger partial charge in [-0.3, -0.25) is 14.3 Å². The van der Waals surface area contributed by atoms with Crippen molar-refractivity contribution in [3.8, 4) is 39.5 Å². The highest BCUT2D eigenvalue weighted by atomic mass is 32.1. The van der Waals surface area contributed by atoms with E-state index in [-0.39, 0.29) is 47.7 Å². The van der Waals surface area contributed by atoms with Gasteiger partial charge in [0.1, 0.15) is 28.8 Å². The Labute approximate surface area is 297 Å². The number of amides is 2. The highest BCUT2D eigenvalue weighted by Gasteiger charge is 2.35. The quantitative estimate of drug-likeness (QED) is 0.160. The third-order valence-corrected chi connectivity index (χ3v) is 11.1. The fraction of sp³-hybridized carbons (Fsp3) is 0.282. The standard InChI is InChI=1S/C39H36F2N6O3S/c1-6-33(48)47-21(2)18-46-31(22(47)3)17-29(43-46)38-36(35-28(41)15-26(40)16-32(35)50-20-23-13-34(49)45(5)19-23)39-27(10-12-51-39)37(42-38)25-7-8-30-24(14-25)9-11-44(30)4/h6-12,14-17,21-23H,1,13,18-20H2,2-5H3/t21-,22+,23+/m0/s1. The molecule has 2 amide bonds. The van der Waals surface area contributed by atoms with Gasteiger partial charge in [0.25, 0.3) is 0 Å². The number of carbonyl (C=O) groups is 2. The Balaban J connectivity index is 1.35. The Hall–Kier alpha value is -5.36. The molecule has 2 aliphatic rings. The molecule has 0 saturated carbocycles. The summed E-state index contributed by atoms with van der Waals surface area (Å²) in [7, 11) is 3.73. The molecule has 0 unspecified atom stereocenters. The summed E-state index contributed by atoms with van der Waals surface area (Å²) in [5.74, 6) is -1.84. The molecule has 2 aliphatic heterocycles. The zero-order chi connectivity index (χ0) is 35.7. The summed E-state index contributed by atoms with van der Waals surface area (Å²) >= 11 is 1.43. The van der Waals surface area contributed by atoms with E-state index >= 15 is 4.39 Å². The first-order valence-electron chi connectivity index (χ1n) is 16.9. The number of thiophene rings is 1. The molecule has 1 saturated heterocycles. The first-order chi connectivity index (χ1) is 24.5. The summed E-state index contributed by atoms with van der Waals surface area (Å²) in [5, 5.41) is 8.81. The number of carbonyl (C=O) groups excluding carboxylic acids is 2. The molecule has 0 N–H and O–H groups in total. The minimum Gasteiger partial charge on any atom is -0.492 e. The Kier molecular flexibility index (Phi) is 8.01. The molecule has 9 nitrogen and oxygen atoms in total. The number of ether oxygens (including phenoxy) is 1. The Morgan fingerprint density at radius 2 is 1.88 bits per heavy atom. The van der Waals surface area contributed by atoms with E-state index in [1.54, 1.807) is 16.8 Å². The molecule has 2 aromatic carbocycles. The predicted molar refractivity (Wildman–Crippen MR) is 194 cm³/mol. The van der Waals surface area contributed by atoms with Crippen LogP contribution in [0.3, 0.4) is 0 Å². The molecule has 0 bridgehead atoms. The van der Waals surface area contributed by atoms with E-state index in [9.17, 15) is 14.0 Å². The number of pyridine rings is 1. The van der Waals surface area contributed by atoms with Crippen LogP contribution in [0, 0.1) is 17.6 Å². The minimum absolute atomic E-state index is 0.00552. The van der Waals surface area contributed by atoms with Crippen molar-refractivity contribution in [2.75, 3.05) is 20.2 Å². The zero-order valence-corrected chi connectivity index (χ0v) is 29.5. The number of likely N-dealkylation sites (tertiary alicyclic amines) is 1. The van der Waals surface area contributed by atoms with Crippen LogP contribution in [0.2, 0.25) is 0 Å². The predicted octanol–water partition coefficient (Wildman–Crippen LogP) is 7.60. The molecule has 12 heteroatoms. The molecule has 0 radical (unpaired) electrons. The van der Waals surface area contributed by atoms with Crippen molar-refractivity contribution in [1.29, 1.82) is 0 Å². The molecular formula is C39H36F2N6O3S. The number of nitrogens with zero attached hydrogens (tertiary/aromatic N) is 6. The van der Waals surface area contributed by atoms with Gasteiger partial charge in [-0.1, -0.05) is 12.6 Å². The number of hydrogen-bond acceptors (Lipinski definition) is 6. The van der Waals surface area contributed by atoms with Gasteiger partial charge >= 0.3 is 0 Å². The molecule has 6 heterocycles. The first-order valence-corrected chi connectivity index (χ1v) is 17.8. The normalized spacial score (nSPS) is 18.9. The number of aryl methyl sites for hydroxylation is 1. The molecule has 6 aromatic rings. The van der Waals surface area contributed by atoms with Gasteiger partial charge in [0.2, 0.25) is 11.8 Å². The number of aromatic nitrogens is 4. The monoisotopic (exact) mass is 706 g/mol. The fourth-order valence-corrected chi connectivity index (χ4v) is 8.63. The van der Waals surface area contributed by atoms with E-state index in [2.05, 4.69) is 29.3 Å². The molecular weight excluding hydrogens is 671 g/mol. The first kappa shape index (κ1) is 32.8. The van der Waals surface area contributed by atoms with E-state index in [0.717, 1.165) is 38.3 Å². The molecule has 260 valence electrons. The lowest BCUT2D eigenvalue weighted by Crippen LogP contribution is -2.46. The number of fused-ring (bicyclic) bond motifs is 3. The van der Waals surface area contributed by atoms with Crippen molar-refractivity contribution in [3.63, 3.8) is 0 Å². The lowest BCUT2D eigenvalue weighted by Gasteiger charge is -2.38. The van der Waals surface area contributed by atoms with Gasteiger partial charge in [-0.2, -0.15) is 5.10 Å². The minimum atomic E-state index is -0.797. The Bertz CT molecular complexity index is 2400. The van der Waals surface area contributed by atoms with Crippen molar-refractivity contribution < 1.29 is 23.1 Å². The number of halogens is 2. The maximum absolute atomic E-state index is 16.4. The van der Waals surface area contributed by atoms with Crippen molar-refractivity contribution in [2.24, 2.45) is 13.0 Å². The van der Waals surface area contributed by atoms with Crippen LogP contribution in [0.1, 0.15) is 32.0 Å². The van der Waals surface area contributed by atoms with E-state index in [1.165, 1.54) is 23.5 Å². The molecule has 0 aliphatic carbocycles. The third kappa shape index (κ3) is 5.49. The Morgan fingerprint density at radius 3 is 2.65 bits per heavy atom. The van der Waals surface area contributed by atoms with Crippen LogP contribution < -0.4 is 4.74 Å². The van der Waals surface area contributed by atoms with E-state index in [0.29, 0.717) is 42.2 Å². The summed E-state index contributed by atoms with van der Waals surface area (Å²) < 4.78 is 42.2. The van der Waals surface area contributed by atoms with Gasteiger partial charge in [-0.05, 0) is 55.6 Å². The van der Waals surface area contributed by atoms with Crippen LogP contribution in [0.25, 0.3) is 54.8 Å². The number of hydrogen-bond donors (Lipinski definition) is 0. The fourth-order valence-electron chi connectivity index (χ4n) is 7.68. The Morgan fingerprint density at radius 1 is 1.06 bits per heavy atom. The highest BCUT2D eigenvalue weighted by molar-refractivity contribution is 7.18. The van der Waals surface area contributed by atoms with Gasteiger partial charge in [-0.25, -0.2) is 13.8 Å². The largest absolute Gasteiger partial charge is 0.492 e. The molecule has 1 fully saturated rings. The molecule has 0 spiro atoms. The van der Waals surface area contributed by atoms with Crippen LogP contribution in [0.15, 0.2) is 72.8 Å². The zero-order valence-electron chi connectivity index (χ0n) is 28.7. The smallest absolute Gasteiger partial charge is 0.246 e. The van der Waals surface area contributed by atoms with Crippen LogP contribution in [-0.2, 0) is 23.2 Å². The third-order valence-electron chi connectivity index (χ3n) is 10.2. The maximum atomic E-state index is 16.4. The molecule has 3 atom stereocenters. The second kappa shape index (κ2) is 12.4. The average Bonchev–Trinajstić information content (AvgIpc) is 3.90. The second-order valence-electron chi connectivity index (χ2n) is 13.6. The van der Waals surface area contributed by atoms with E-state index in [1.807, 2.05) is 55.4 Å². The lowest BCUT2D eigenvalue weighted by molar-refractivity contribution is -0.132. The van der Waals surface area contributed by atoms with Crippen LogP contribution in [0.4, 0.5) is 8.78 Å². The topological polar surface area (TPSA) is 85.5 Å². The van der Waals surface area contributed by atoms with Gasteiger partial charge in [0, 0.05) is 89.5 Å². The summed E-state index contributed by atoms with van der Waals surface area (Å²) in [4.78, 5) is 33.8. The van der Waals surface area contributed by atoms with Gasteiger partial charge in [0.15, 0.2) is 0 Å². The van der Waals surface area contributed by atoms with Gasteiger partial charge < -0.3 is 19.1 Å². The van der Waals surface area contributed by atoms with Crippen LogP contribution >= 0.6 is 11.3 Å². The maximum Gasteiger partial charge on any atom is 0.246 e. The summed E-state index contributed by atoms with van der Waals surface area (Å²) in [5.41, 5.74) is 4.86. The number of rotatable bonds is 7. The van der Waals surface area contributed by atoms with Crippen LogP contribution in [-0.4, -0.2) is 67.2 Å². The van der Waals surface area contributed by atoms with Crippen molar-refractivity contribution in [3.05, 3.63) is 90.1 Å². The second-order valence-corrected chi connectivity index (χ2v) is 14.5. The molecule has 51 heavy (non-hydrogen) atoms.